The molecule has 0 bridgehead atoms. The molecule has 1 atom stereocenters. The maximum Gasteiger partial charge on any atom is 0.311 e. The van der Waals surface area contributed by atoms with Gasteiger partial charge in [0.2, 0.25) is 5.91 Å². The Labute approximate surface area is 169 Å². The molecule has 0 N–H and O–H groups in total. The highest BCUT2D eigenvalue weighted by atomic mass is 35.5. The molecule has 0 radical (unpaired) electrons. The molecule has 0 saturated carbocycles. The average Bonchev–Trinajstić information content (AvgIpc) is 3.08. The minimum absolute atomic E-state index is 0.00883. The first-order chi connectivity index (χ1) is 13.4. The number of rotatable bonds is 8. The number of esters is 1. The molecule has 2 rings (SSSR count). The first-order valence-electron chi connectivity index (χ1n) is 9.02. The average molecular weight is 413 g/mol. The number of carbonyl (C=O) groups is 3. The molecule has 1 aliphatic heterocycles. The third-order valence-electron chi connectivity index (χ3n) is 4.66. The van der Waals surface area contributed by atoms with Gasteiger partial charge < -0.3 is 24.0 Å². The lowest BCUT2D eigenvalue weighted by atomic mass is 10.1. The minimum atomic E-state index is -0.664. The van der Waals surface area contributed by atoms with Crippen LogP contribution >= 0.6 is 11.6 Å². The molecule has 0 spiro atoms. The van der Waals surface area contributed by atoms with Gasteiger partial charge in [0.25, 0.3) is 5.91 Å². The number of ether oxygens (including phenoxy) is 3. The monoisotopic (exact) mass is 412 g/mol. The maximum atomic E-state index is 12.5. The number of hydrogen-bond acceptors (Lipinski definition) is 6. The van der Waals surface area contributed by atoms with Gasteiger partial charge in [-0.05, 0) is 19.9 Å². The van der Waals surface area contributed by atoms with Crippen LogP contribution in [0, 0.1) is 5.92 Å². The summed E-state index contributed by atoms with van der Waals surface area (Å²) in [7, 11) is 2.95. The van der Waals surface area contributed by atoms with E-state index >= 15 is 0 Å². The predicted molar refractivity (Wildman–Crippen MR) is 104 cm³/mol. The van der Waals surface area contributed by atoms with Gasteiger partial charge in [0.15, 0.2) is 6.61 Å². The summed E-state index contributed by atoms with van der Waals surface area (Å²) in [5.41, 5.74) is 0.452. The molecule has 1 aromatic rings. The van der Waals surface area contributed by atoms with Crippen molar-refractivity contribution in [1.29, 1.82) is 0 Å². The van der Waals surface area contributed by atoms with Gasteiger partial charge in [0.05, 0.1) is 30.8 Å². The van der Waals surface area contributed by atoms with Crippen LogP contribution in [-0.2, 0) is 19.1 Å². The van der Waals surface area contributed by atoms with Crippen molar-refractivity contribution in [2.24, 2.45) is 5.92 Å². The molecule has 9 heteroatoms. The van der Waals surface area contributed by atoms with Crippen molar-refractivity contribution in [3.05, 3.63) is 17.2 Å². The predicted octanol–water partition coefficient (Wildman–Crippen LogP) is 2.12. The van der Waals surface area contributed by atoms with Crippen molar-refractivity contribution in [2.45, 2.75) is 20.3 Å². The minimum Gasteiger partial charge on any atom is -0.495 e. The third-order valence-corrected chi connectivity index (χ3v) is 4.95. The number of carbonyl (C=O) groups excluding carboxylic acids is 3. The van der Waals surface area contributed by atoms with Gasteiger partial charge in [0, 0.05) is 32.1 Å². The van der Waals surface area contributed by atoms with Gasteiger partial charge in [-0.25, -0.2) is 0 Å². The number of anilines is 1. The van der Waals surface area contributed by atoms with Gasteiger partial charge >= 0.3 is 5.97 Å². The fraction of sp³-hybridized carbons (Fsp3) is 0.526. The lowest BCUT2D eigenvalue weighted by Crippen LogP contribution is -2.35. The van der Waals surface area contributed by atoms with Gasteiger partial charge in [-0.2, -0.15) is 0 Å². The Morgan fingerprint density at radius 3 is 2.39 bits per heavy atom. The van der Waals surface area contributed by atoms with Crippen molar-refractivity contribution in [3.63, 3.8) is 0 Å². The van der Waals surface area contributed by atoms with E-state index in [1.165, 1.54) is 19.1 Å². The van der Waals surface area contributed by atoms with E-state index in [2.05, 4.69) is 0 Å². The summed E-state index contributed by atoms with van der Waals surface area (Å²) in [5, 5.41) is 0.321. The Morgan fingerprint density at radius 1 is 1.18 bits per heavy atom. The Hall–Kier alpha value is -2.48. The van der Waals surface area contributed by atoms with E-state index in [1.807, 2.05) is 13.8 Å². The lowest BCUT2D eigenvalue weighted by Gasteiger charge is -2.21. The van der Waals surface area contributed by atoms with Crippen molar-refractivity contribution < 1.29 is 28.6 Å². The normalized spacial score (nSPS) is 16.1. The van der Waals surface area contributed by atoms with Gasteiger partial charge in [-0.1, -0.05) is 11.6 Å². The molecule has 28 heavy (non-hydrogen) atoms. The number of methoxy groups -OCH3 is 2. The largest absolute Gasteiger partial charge is 0.495 e. The highest BCUT2D eigenvalue weighted by molar-refractivity contribution is 6.32. The zero-order valence-corrected chi connectivity index (χ0v) is 17.2. The third kappa shape index (κ3) is 4.67. The molecule has 1 heterocycles. The molecule has 0 aliphatic carbocycles. The van der Waals surface area contributed by atoms with Crippen LogP contribution < -0.4 is 14.4 Å². The summed E-state index contributed by atoms with van der Waals surface area (Å²) in [4.78, 5) is 39.8. The molecular formula is C19H25ClN2O6. The zero-order chi connectivity index (χ0) is 20.8. The molecule has 8 nitrogen and oxygen atoms in total. The van der Waals surface area contributed by atoms with Crippen LogP contribution in [0.15, 0.2) is 12.1 Å². The fourth-order valence-corrected chi connectivity index (χ4v) is 3.31. The number of nitrogens with zero attached hydrogens (tertiary/aromatic N) is 2. The number of amides is 2. The summed E-state index contributed by atoms with van der Waals surface area (Å²) < 4.78 is 15.6. The van der Waals surface area contributed by atoms with Crippen molar-refractivity contribution in [1.82, 2.24) is 4.90 Å². The first-order valence-corrected chi connectivity index (χ1v) is 9.40. The van der Waals surface area contributed by atoms with Crippen LogP contribution in [0.5, 0.6) is 11.5 Å². The smallest absolute Gasteiger partial charge is 0.311 e. The highest BCUT2D eigenvalue weighted by Gasteiger charge is 2.38. The summed E-state index contributed by atoms with van der Waals surface area (Å²) in [5.74, 6) is -0.933. The maximum absolute atomic E-state index is 12.5. The first kappa shape index (κ1) is 21.8. The molecule has 0 aromatic heterocycles. The molecule has 154 valence electrons. The Bertz CT molecular complexity index is 750. The number of likely N-dealkylation sites (N-methyl/N-ethyl adjacent to an activating group) is 1. The Balaban J connectivity index is 2.08. The second kappa shape index (κ2) is 9.64. The van der Waals surface area contributed by atoms with E-state index in [4.69, 9.17) is 25.8 Å². The second-order valence-corrected chi connectivity index (χ2v) is 6.64. The molecule has 1 fully saturated rings. The molecular weight excluding hydrogens is 388 g/mol. The summed E-state index contributed by atoms with van der Waals surface area (Å²) in [6, 6.07) is 3.15. The van der Waals surface area contributed by atoms with E-state index in [-0.39, 0.29) is 31.4 Å². The van der Waals surface area contributed by atoms with Crippen molar-refractivity contribution in [3.8, 4) is 11.5 Å². The molecule has 1 saturated heterocycles. The van der Waals surface area contributed by atoms with E-state index in [0.29, 0.717) is 35.3 Å². The standard InChI is InChI=1S/C19H25ClN2O6/c1-5-21(6-2)18(24)11-28-19(25)12-7-17(23)22(10-12)14-8-13(20)15(26-3)9-16(14)27-4/h8-9,12H,5-7,10-11H2,1-4H3/t12-/m1/s1. The number of benzene rings is 1. The van der Waals surface area contributed by atoms with Crippen LogP contribution in [0.3, 0.4) is 0 Å². The van der Waals surface area contributed by atoms with E-state index in [0.717, 1.165) is 0 Å². The van der Waals surface area contributed by atoms with Gasteiger partial charge in [-0.15, -0.1) is 0 Å². The Kier molecular flexibility index (Phi) is 7.51. The highest BCUT2D eigenvalue weighted by Crippen LogP contribution is 2.40. The van der Waals surface area contributed by atoms with Crippen molar-refractivity contribution in [2.75, 3.05) is 45.4 Å². The van der Waals surface area contributed by atoms with Crippen LogP contribution in [0.4, 0.5) is 5.69 Å². The van der Waals surface area contributed by atoms with E-state index in [9.17, 15) is 14.4 Å². The molecule has 2 amide bonds. The zero-order valence-electron chi connectivity index (χ0n) is 16.5. The summed E-state index contributed by atoms with van der Waals surface area (Å²) in [6.07, 6.45) is -0.00883. The summed E-state index contributed by atoms with van der Waals surface area (Å²) in [6.45, 7) is 4.58. The fourth-order valence-electron chi connectivity index (χ4n) is 3.07. The van der Waals surface area contributed by atoms with Crippen LogP contribution in [-0.4, -0.2) is 63.1 Å². The number of halogens is 1. The van der Waals surface area contributed by atoms with Crippen LogP contribution in [0.1, 0.15) is 20.3 Å². The molecule has 1 aliphatic rings. The lowest BCUT2D eigenvalue weighted by molar-refractivity contribution is -0.155. The SMILES string of the molecule is CCN(CC)C(=O)COC(=O)[C@@H]1CC(=O)N(c2cc(Cl)c(OC)cc2OC)C1. The Morgan fingerprint density at radius 2 is 1.82 bits per heavy atom. The molecule has 1 aromatic carbocycles. The topological polar surface area (TPSA) is 85.4 Å². The van der Waals surface area contributed by atoms with E-state index < -0.39 is 11.9 Å². The second-order valence-electron chi connectivity index (χ2n) is 6.24. The van der Waals surface area contributed by atoms with Crippen LogP contribution in [0.25, 0.3) is 0 Å². The quantitative estimate of drug-likeness (QED) is 0.608. The van der Waals surface area contributed by atoms with Gasteiger partial charge in [-0.3, -0.25) is 14.4 Å². The van der Waals surface area contributed by atoms with E-state index in [1.54, 1.807) is 17.0 Å². The van der Waals surface area contributed by atoms with Crippen LogP contribution in [0.2, 0.25) is 5.02 Å². The number of hydrogen-bond donors (Lipinski definition) is 0. The van der Waals surface area contributed by atoms with Crippen molar-refractivity contribution >= 4 is 35.1 Å². The molecule has 0 unspecified atom stereocenters. The summed E-state index contributed by atoms with van der Waals surface area (Å²) >= 11 is 6.17. The van der Waals surface area contributed by atoms with Gasteiger partial charge in [0.1, 0.15) is 11.5 Å².